The van der Waals surface area contributed by atoms with Gasteiger partial charge in [0.05, 0.1) is 22.5 Å². The Hall–Kier alpha value is -0.350. The molecule has 1 unspecified atom stereocenters. The zero-order chi connectivity index (χ0) is 13.1. The van der Waals surface area contributed by atoms with Gasteiger partial charge in [0.15, 0.2) is 0 Å². The Balaban J connectivity index is 2.12. The number of hydrogen-bond acceptors (Lipinski definition) is 2. The zero-order valence-corrected chi connectivity index (χ0v) is 12.9. The Morgan fingerprint density at radius 1 is 1.44 bits per heavy atom. The van der Waals surface area contributed by atoms with E-state index in [1.807, 2.05) is 4.68 Å². The van der Waals surface area contributed by atoms with Crippen molar-refractivity contribution in [1.29, 1.82) is 0 Å². The Kier molecular flexibility index (Phi) is 4.84. The summed E-state index contributed by atoms with van der Waals surface area (Å²) >= 11 is 3.52. The van der Waals surface area contributed by atoms with Crippen molar-refractivity contribution in [3.63, 3.8) is 0 Å². The molecule has 0 aromatic carbocycles. The smallest absolute Gasteiger partial charge is 0.0996 e. The first-order valence-corrected chi connectivity index (χ1v) is 7.82. The fraction of sp³-hybridized carbons (Fsp3) is 0.786. The Bertz CT molecular complexity index is 383. The number of aliphatic hydroxyl groups excluding tert-OH is 1. The summed E-state index contributed by atoms with van der Waals surface area (Å²) in [6.07, 6.45) is 7.21. The van der Waals surface area contributed by atoms with E-state index in [1.165, 1.54) is 12.8 Å². The van der Waals surface area contributed by atoms with Crippen molar-refractivity contribution in [1.82, 2.24) is 9.78 Å². The number of aromatic nitrogens is 2. The summed E-state index contributed by atoms with van der Waals surface area (Å²) < 4.78 is 2.90. The standard InChI is InChI=1S/C14H23BrN2O/c1-3-8-17-13(12(15)9-16-17)14(18)11-6-4-10(2)5-7-11/h9-11,14,18H,3-8H2,1-2H3. The van der Waals surface area contributed by atoms with Crippen LogP contribution in [-0.4, -0.2) is 14.9 Å². The van der Waals surface area contributed by atoms with Crippen LogP contribution in [0.3, 0.4) is 0 Å². The molecule has 3 nitrogen and oxygen atoms in total. The van der Waals surface area contributed by atoms with Gasteiger partial charge in [-0.3, -0.25) is 4.68 Å². The number of hydrogen-bond donors (Lipinski definition) is 1. The van der Waals surface area contributed by atoms with Gasteiger partial charge in [-0.25, -0.2) is 0 Å². The number of nitrogens with zero attached hydrogens (tertiary/aromatic N) is 2. The summed E-state index contributed by atoms with van der Waals surface area (Å²) in [5.74, 6) is 1.21. The van der Waals surface area contributed by atoms with Crippen molar-refractivity contribution < 1.29 is 5.11 Å². The van der Waals surface area contributed by atoms with E-state index in [1.54, 1.807) is 6.20 Å². The molecule has 0 aliphatic heterocycles. The van der Waals surface area contributed by atoms with Crippen molar-refractivity contribution in [2.24, 2.45) is 11.8 Å². The molecule has 1 saturated carbocycles. The van der Waals surface area contributed by atoms with Crippen molar-refractivity contribution in [2.75, 3.05) is 0 Å². The van der Waals surface area contributed by atoms with Crippen LogP contribution in [0.4, 0.5) is 0 Å². The third-order valence-electron chi connectivity index (χ3n) is 4.06. The van der Waals surface area contributed by atoms with E-state index in [-0.39, 0.29) is 6.10 Å². The lowest BCUT2D eigenvalue weighted by Crippen LogP contribution is -2.22. The van der Waals surface area contributed by atoms with Crippen LogP contribution in [0.5, 0.6) is 0 Å². The summed E-state index contributed by atoms with van der Waals surface area (Å²) in [7, 11) is 0. The molecular weight excluding hydrogens is 292 g/mol. The van der Waals surface area contributed by atoms with Crippen LogP contribution in [0, 0.1) is 11.8 Å². The lowest BCUT2D eigenvalue weighted by molar-refractivity contribution is 0.0674. The predicted molar refractivity (Wildman–Crippen MR) is 76.3 cm³/mol. The van der Waals surface area contributed by atoms with E-state index in [4.69, 9.17) is 0 Å². The highest BCUT2D eigenvalue weighted by Crippen LogP contribution is 2.38. The van der Waals surface area contributed by atoms with Crippen molar-refractivity contribution in [3.05, 3.63) is 16.4 Å². The molecule has 1 atom stereocenters. The molecular formula is C14H23BrN2O. The van der Waals surface area contributed by atoms with Crippen LogP contribution >= 0.6 is 15.9 Å². The monoisotopic (exact) mass is 314 g/mol. The molecule has 0 amide bonds. The second kappa shape index (κ2) is 6.20. The number of halogens is 1. The topological polar surface area (TPSA) is 38.0 Å². The van der Waals surface area contributed by atoms with Crippen LogP contribution in [0.1, 0.15) is 57.7 Å². The fourth-order valence-electron chi connectivity index (χ4n) is 2.88. The van der Waals surface area contributed by atoms with Crippen molar-refractivity contribution in [3.8, 4) is 0 Å². The maximum absolute atomic E-state index is 10.6. The Labute approximate surface area is 118 Å². The molecule has 1 fully saturated rings. The summed E-state index contributed by atoms with van der Waals surface area (Å²) in [6.45, 7) is 5.31. The van der Waals surface area contributed by atoms with Gasteiger partial charge in [-0.05, 0) is 47.0 Å². The van der Waals surface area contributed by atoms with E-state index in [0.29, 0.717) is 5.92 Å². The van der Waals surface area contributed by atoms with Crippen LogP contribution in [-0.2, 0) is 6.54 Å². The molecule has 1 heterocycles. The highest BCUT2D eigenvalue weighted by Gasteiger charge is 2.29. The molecule has 18 heavy (non-hydrogen) atoms. The first-order valence-electron chi connectivity index (χ1n) is 7.02. The third kappa shape index (κ3) is 2.97. The first-order chi connectivity index (χ1) is 8.63. The minimum absolute atomic E-state index is 0.374. The average molecular weight is 315 g/mol. The molecule has 0 radical (unpaired) electrons. The summed E-state index contributed by atoms with van der Waals surface area (Å²) in [5.41, 5.74) is 0.969. The van der Waals surface area contributed by atoms with Gasteiger partial charge >= 0.3 is 0 Å². The largest absolute Gasteiger partial charge is 0.386 e. The SMILES string of the molecule is CCCn1ncc(Br)c1C(O)C1CCC(C)CC1. The molecule has 1 aliphatic rings. The molecule has 1 aromatic heterocycles. The Morgan fingerprint density at radius 2 is 2.11 bits per heavy atom. The lowest BCUT2D eigenvalue weighted by atomic mass is 9.79. The molecule has 2 rings (SSSR count). The fourth-order valence-corrected chi connectivity index (χ4v) is 3.41. The second-order valence-corrected chi connectivity index (χ2v) is 6.42. The molecule has 0 saturated heterocycles. The third-order valence-corrected chi connectivity index (χ3v) is 4.67. The minimum Gasteiger partial charge on any atom is -0.386 e. The average Bonchev–Trinajstić information content (AvgIpc) is 2.71. The van der Waals surface area contributed by atoms with Gasteiger partial charge in [-0.15, -0.1) is 0 Å². The quantitative estimate of drug-likeness (QED) is 0.914. The van der Waals surface area contributed by atoms with Crippen LogP contribution in [0.15, 0.2) is 10.7 Å². The van der Waals surface area contributed by atoms with E-state index in [2.05, 4.69) is 34.9 Å². The molecule has 102 valence electrons. The van der Waals surface area contributed by atoms with E-state index >= 15 is 0 Å². The van der Waals surface area contributed by atoms with E-state index in [0.717, 1.165) is 41.9 Å². The molecule has 1 aromatic rings. The van der Waals surface area contributed by atoms with Gasteiger partial charge in [-0.1, -0.05) is 26.7 Å². The number of rotatable bonds is 4. The van der Waals surface area contributed by atoms with Crippen molar-refractivity contribution in [2.45, 2.75) is 58.6 Å². The molecule has 1 N–H and O–H groups in total. The second-order valence-electron chi connectivity index (χ2n) is 5.57. The van der Waals surface area contributed by atoms with Gasteiger partial charge in [0.25, 0.3) is 0 Å². The summed E-state index contributed by atoms with van der Waals surface area (Å²) in [6, 6.07) is 0. The molecule has 1 aliphatic carbocycles. The summed E-state index contributed by atoms with van der Waals surface area (Å²) in [4.78, 5) is 0. The van der Waals surface area contributed by atoms with Gasteiger partial charge in [-0.2, -0.15) is 5.10 Å². The minimum atomic E-state index is -0.374. The number of aryl methyl sites for hydroxylation is 1. The van der Waals surface area contributed by atoms with Gasteiger partial charge in [0, 0.05) is 6.54 Å². The van der Waals surface area contributed by atoms with Gasteiger partial charge < -0.3 is 5.11 Å². The highest BCUT2D eigenvalue weighted by atomic mass is 79.9. The van der Waals surface area contributed by atoms with Crippen molar-refractivity contribution >= 4 is 15.9 Å². The predicted octanol–water partition coefficient (Wildman–Crippen LogP) is 3.92. The lowest BCUT2D eigenvalue weighted by Gasteiger charge is -2.30. The first kappa shape index (κ1) is 14.1. The molecule has 0 spiro atoms. The van der Waals surface area contributed by atoms with E-state index < -0.39 is 0 Å². The highest BCUT2D eigenvalue weighted by molar-refractivity contribution is 9.10. The normalized spacial score (nSPS) is 26.2. The number of aliphatic hydroxyl groups is 1. The van der Waals surface area contributed by atoms with Crippen LogP contribution < -0.4 is 0 Å². The molecule has 0 bridgehead atoms. The maximum atomic E-state index is 10.6. The summed E-state index contributed by atoms with van der Waals surface area (Å²) in [5, 5.41) is 15.0. The van der Waals surface area contributed by atoms with Gasteiger partial charge in [0.1, 0.15) is 0 Å². The van der Waals surface area contributed by atoms with E-state index in [9.17, 15) is 5.11 Å². The van der Waals surface area contributed by atoms with Crippen LogP contribution in [0.2, 0.25) is 0 Å². The molecule has 4 heteroatoms. The zero-order valence-electron chi connectivity index (χ0n) is 11.3. The Morgan fingerprint density at radius 3 is 2.72 bits per heavy atom. The van der Waals surface area contributed by atoms with Gasteiger partial charge in [0.2, 0.25) is 0 Å². The van der Waals surface area contributed by atoms with Crippen LogP contribution in [0.25, 0.3) is 0 Å². The maximum Gasteiger partial charge on any atom is 0.0996 e.